The minimum Gasteiger partial charge on any atom is -0.507 e. The van der Waals surface area contributed by atoms with E-state index >= 15 is 0 Å². The van der Waals surface area contributed by atoms with Gasteiger partial charge in [-0.15, -0.1) is 11.3 Å². The molecule has 3 atom stereocenters. The van der Waals surface area contributed by atoms with Gasteiger partial charge in [0.25, 0.3) is 5.91 Å². The number of nitrogens with one attached hydrogen (secondary N) is 1. The van der Waals surface area contributed by atoms with Crippen LogP contribution in [0, 0.1) is 17.2 Å². The van der Waals surface area contributed by atoms with Gasteiger partial charge in [-0.1, -0.05) is 54.7 Å². The summed E-state index contributed by atoms with van der Waals surface area (Å²) in [5, 5.41) is 24.5. The molecule has 1 fully saturated rings. The first-order valence-corrected chi connectivity index (χ1v) is 16.8. The fraction of sp³-hybridized carbons (Fsp3) is 0.471. The second kappa shape index (κ2) is 14.9. The molecule has 2 N–H and O–H groups in total. The van der Waals surface area contributed by atoms with Gasteiger partial charge in [-0.3, -0.25) is 9.69 Å². The summed E-state index contributed by atoms with van der Waals surface area (Å²) in [6.45, 7) is 5.09. The van der Waals surface area contributed by atoms with Crippen molar-refractivity contribution in [2.24, 2.45) is 5.92 Å². The van der Waals surface area contributed by atoms with Gasteiger partial charge in [0.05, 0.1) is 17.2 Å². The molecule has 0 saturated carbocycles. The van der Waals surface area contributed by atoms with Gasteiger partial charge in [0.1, 0.15) is 11.8 Å². The Morgan fingerprint density at radius 3 is 2.81 bits per heavy atom. The molecule has 2 aliphatic rings. The van der Waals surface area contributed by atoms with Crippen LogP contribution in [-0.2, 0) is 30.5 Å². The summed E-state index contributed by atoms with van der Waals surface area (Å²) in [6, 6.07) is 15.2. The fourth-order valence-corrected chi connectivity index (χ4v) is 8.15. The largest absolute Gasteiger partial charge is 0.507 e. The van der Waals surface area contributed by atoms with Gasteiger partial charge in [0, 0.05) is 52.1 Å². The Bertz CT molecular complexity index is 1460. The highest BCUT2D eigenvalue weighted by molar-refractivity contribution is 7.12. The number of phenolic OH excluding ortho intramolecular Hbond substituents is 1. The number of nitriles is 1. The van der Waals surface area contributed by atoms with Gasteiger partial charge >= 0.3 is 0 Å². The Morgan fingerprint density at radius 2 is 2.09 bits per heavy atom. The first-order valence-electron chi connectivity index (χ1n) is 15.3. The molecule has 5 rings (SSSR count). The topological polar surface area (TPSA) is 85.6 Å². The molecule has 3 unspecified atom stereocenters. The second-order valence-corrected chi connectivity index (χ2v) is 13.7. The fourth-order valence-electron chi connectivity index (χ4n) is 6.29. The summed E-state index contributed by atoms with van der Waals surface area (Å²) in [4.78, 5) is 17.6. The normalized spacial score (nSPS) is 18.8. The third-order valence-corrected chi connectivity index (χ3v) is 10.7. The number of rotatable bonds is 12. The number of aromatic hydroxyl groups is 1. The van der Waals surface area contributed by atoms with Gasteiger partial charge in [-0.25, -0.2) is 0 Å². The number of thiophene rings is 1. The lowest BCUT2D eigenvalue weighted by molar-refractivity contribution is 0.0502. The Balaban J connectivity index is 1.25. The summed E-state index contributed by atoms with van der Waals surface area (Å²) in [5.74, 6) is -0.00151. The predicted molar refractivity (Wildman–Crippen MR) is 173 cm³/mol. The quantitative estimate of drug-likeness (QED) is 0.214. The standard InChI is InChI=1S/C34H39Cl2N3O3S/c1-2-22(19-38-34(41)28-7-3-4-8-31(28)40)9-14-32-29(18-37)27-13-12-25(17-33(27)43-32)39(21-26-6-5-15-42-26)20-23-10-11-24(35)16-30(23)36/h3-4,7-8,10-11,16,22,25-26,40H,2,5-6,9,12-15,17,19-21H2,1H3,(H,38,41). The molecular formula is C34H39Cl2N3O3S. The summed E-state index contributed by atoms with van der Waals surface area (Å²) in [5.41, 5.74) is 3.44. The van der Waals surface area contributed by atoms with E-state index in [9.17, 15) is 15.2 Å². The molecule has 0 bridgehead atoms. The van der Waals surface area contributed by atoms with E-state index < -0.39 is 0 Å². The van der Waals surface area contributed by atoms with Gasteiger partial charge in [0.15, 0.2) is 0 Å². The van der Waals surface area contributed by atoms with E-state index in [2.05, 4.69) is 23.2 Å². The van der Waals surface area contributed by atoms with Crippen LogP contribution in [0.25, 0.3) is 0 Å². The molecule has 0 spiro atoms. The minimum absolute atomic E-state index is 0.0141. The van der Waals surface area contributed by atoms with Crippen molar-refractivity contribution in [1.29, 1.82) is 5.26 Å². The van der Waals surface area contributed by atoms with Crippen molar-refractivity contribution in [1.82, 2.24) is 10.2 Å². The number of para-hydroxylation sites is 1. The zero-order valence-electron chi connectivity index (χ0n) is 24.6. The van der Waals surface area contributed by atoms with E-state index in [1.807, 2.05) is 18.2 Å². The smallest absolute Gasteiger partial charge is 0.255 e. The van der Waals surface area contributed by atoms with E-state index in [4.69, 9.17) is 27.9 Å². The molecule has 9 heteroatoms. The van der Waals surface area contributed by atoms with E-state index in [1.54, 1.807) is 29.5 Å². The molecule has 1 aliphatic carbocycles. The van der Waals surface area contributed by atoms with Crippen LogP contribution in [0.4, 0.5) is 0 Å². The van der Waals surface area contributed by atoms with E-state index in [0.717, 1.165) is 87.1 Å². The molecular weight excluding hydrogens is 601 g/mol. The zero-order chi connectivity index (χ0) is 30.3. The van der Waals surface area contributed by atoms with E-state index in [0.29, 0.717) is 22.6 Å². The summed E-state index contributed by atoms with van der Waals surface area (Å²) >= 11 is 14.6. The zero-order valence-corrected chi connectivity index (χ0v) is 26.9. The number of carbonyl (C=O) groups excluding carboxylic acids is 1. The number of nitrogens with zero attached hydrogens (tertiary/aromatic N) is 2. The van der Waals surface area contributed by atoms with Crippen molar-refractivity contribution >= 4 is 40.4 Å². The first-order chi connectivity index (χ1) is 20.9. The molecule has 1 amide bonds. The van der Waals surface area contributed by atoms with Crippen molar-refractivity contribution in [2.45, 2.75) is 77.0 Å². The molecule has 6 nitrogen and oxygen atoms in total. The molecule has 0 radical (unpaired) electrons. The van der Waals surface area contributed by atoms with Crippen molar-refractivity contribution < 1.29 is 14.6 Å². The maximum Gasteiger partial charge on any atom is 0.255 e. The van der Waals surface area contributed by atoms with Crippen molar-refractivity contribution in [3.63, 3.8) is 0 Å². The van der Waals surface area contributed by atoms with E-state index in [-0.39, 0.29) is 29.2 Å². The van der Waals surface area contributed by atoms with Crippen LogP contribution in [0.3, 0.4) is 0 Å². The number of hydrogen-bond acceptors (Lipinski definition) is 6. The first kappa shape index (κ1) is 31.8. The number of aryl methyl sites for hydroxylation is 1. The molecule has 2 heterocycles. The SMILES string of the molecule is CCC(CCc1sc2c(c1C#N)CCC(N(Cc1ccc(Cl)cc1Cl)CC1CCCO1)C2)CNC(=O)c1ccccc1O. The molecule has 2 aromatic carbocycles. The van der Waals surface area contributed by atoms with Crippen LogP contribution < -0.4 is 5.32 Å². The van der Waals surface area contributed by atoms with Crippen LogP contribution >= 0.6 is 34.5 Å². The van der Waals surface area contributed by atoms with E-state index in [1.165, 1.54) is 16.5 Å². The lowest BCUT2D eigenvalue weighted by Gasteiger charge is -2.36. The molecule has 1 aliphatic heterocycles. The number of phenols is 1. The van der Waals surface area contributed by atoms with Crippen LogP contribution in [0.1, 0.15) is 75.8 Å². The number of carbonyl (C=O) groups is 1. The Morgan fingerprint density at radius 1 is 1.26 bits per heavy atom. The predicted octanol–water partition coefficient (Wildman–Crippen LogP) is 7.56. The number of benzene rings is 2. The third-order valence-electron chi connectivity index (χ3n) is 8.85. The molecule has 1 aromatic heterocycles. The third kappa shape index (κ3) is 7.92. The average molecular weight is 641 g/mol. The summed E-state index contributed by atoms with van der Waals surface area (Å²) < 4.78 is 6.03. The van der Waals surface area contributed by atoms with Gasteiger partial charge in [0.2, 0.25) is 0 Å². The Kier molecular flexibility index (Phi) is 11.0. The monoisotopic (exact) mass is 639 g/mol. The lowest BCUT2D eigenvalue weighted by atomic mass is 9.89. The molecule has 1 saturated heterocycles. The number of amides is 1. The molecule has 3 aromatic rings. The van der Waals surface area contributed by atoms with Gasteiger partial charge in [-0.2, -0.15) is 5.26 Å². The van der Waals surface area contributed by atoms with Gasteiger partial charge < -0.3 is 15.2 Å². The molecule has 228 valence electrons. The van der Waals surface area contributed by atoms with Crippen LogP contribution in [0.15, 0.2) is 42.5 Å². The van der Waals surface area contributed by atoms with Crippen molar-refractivity contribution in [2.75, 3.05) is 19.7 Å². The number of fused-ring (bicyclic) bond motifs is 1. The highest BCUT2D eigenvalue weighted by Gasteiger charge is 2.31. The minimum atomic E-state index is -0.265. The number of ether oxygens (including phenoxy) is 1. The number of halogens is 2. The summed E-state index contributed by atoms with van der Waals surface area (Å²) in [7, 11) is 0. The average Bonchev–Trinajstić information content (AvgIpc) is 3.65. The number of hydrogen-bond donors (Lipinski definition) is 2. The highest BCUT2D eigenvalue weighted by atomic mass is 35.5. The van der Waals surface area contributed by atoms with Gasteiger partial charge in [-0.05, 0) is 86.3 Å². The van der Waals surface area contributed by atoms with Crippen LogP contribution in [0.2, 0.25) is 10.0 Å². The highest BCUT2D eigenvalue weighted by Crippen LogP contribution is 2.38. The Hall–Kier alpha value is -2.60. The Labute approximate surface area is 268 Å². The van der Waals surface area contributed by atoms with Crippen LogP contribution in [0.5, 0.6) is 5.75 Å². The van der Waals surface area contributed by atoms with Crippen molar-refractivity contribution in [3.05, 3.63) is 84.5 Å². The van der Waals surface area contributed by atoms with Crippen LogP contribution in [-0.4, -0.2) is 47.8 Å². The lowest BCUT2D eigenvalue weighted by Crippen LogP contribution is -2.42. The second-order valence-electron chi connectivity index (χ2n) is 11.7. The maximum absolute atomic E-state index is 12.6. The maximum atomic E-state index is 12.6. The molecule has 43 heavy (non-hydrogen) atoms. The summed E-state index contributed by atoms with van der Waals surface area (Å²) in [6.07, 6.45) is 7.84. The van der Waals surface area contributed by atoms with Crippen molar-refractivity contribution in [3.8, 4) is 11.8 Å².